The predicted molar refractivity (Wildman–Crippen MR) is 82.0 cm³/mol. The minimum atomic E-state index is -1.05. The first-order valence-electron chi connectivity index (χ1n) is 7.03. The fourth-order valence-corrected chi connectivity index (χ4v) is 2.27. The zero-order valence-electron chi connectivity index (χ0n) is 12.8. The molecule has 0 aliphatic heterocycles. The molecular weight excluding hydrogens is 282 g/mol. The molecule has 2 rings (SSSR count). The van der Waals surface area contributed by atoms with Crippen molar-refractivity contribution in [3.05, 3.63) is 47.3 Å². The van der Waals surface area contributed by atoms with Gasteiger partial charge in [0.1, 0.15) is 6.04 Å². The fraction of sp³-hybridized carbons (Fsp3) is 0.312. The van der Waals surface area contributed by atoms with Gasteiger partial charge < -0.3 is 10.4 Å². The number of aromatic nitrogens is 2. The third-order valence-electron chi connectivity index (χ3n) is 3.53. The summed E-state index contributed by atoms with van der Waals surface area (Å²) in [6, 6.07) is 8.75. The molecule has 1 aromatic heterocycles. The highest BCUT2D eigenvalue weighted by Gasteiger charge is 2.18. The number of carbonyl (C=O) groups is 2. The standard InChI is InChI=1S/C16H19N3O3/c1-10-14(9-15(20)17-11(2)16(21)22)12(3)19(18-10)13-7-5-4-6-8-13/h4-8,11H,9H2,1-3H3,(H,17,20)(H,21,22). The fourth-order valence-electron chi connectivity index (χ4n) is 2.27. The molecule has 0 aliphatic carbocycles. The molecule has 0 radical (unpaired) electrons. The van der Waals surface area contributed by atoms with Crippen LogP contribution in [0.4, 0.5) is 0 Å². The van der Waals surface area contributed by atoms with E-state index in [-0.39, 0.29) is 12.3 Å². The van der Waals surface area contributed by atoms with Crippen LogP contribution < -0.4 is 5.32 Å². The first-order chi connectivity index (χ1) is 10.4. The Hall–Kier alpha value is -2.63. The van der Waals surface area contributed by atoms with Crippen LogP contribution in [0.5, 0.6) is 0 Å². The molecule has 116 valence electrons. The summed E-state index contributed by atoms with van der Waals surface area (Å²) in [5.74, 6) is -1.38. The van der Waals surface area contributed by atoms with E-state index < -0.39 is 12.0 Å². The van der Waals surface area contributed by atoms with E-state index in [0.29, 0.717) is 0 Å². The van der Waals surface area contributed by atoms with Crippen molar-refractivity contribution in [2.24, 2.45) is 0 Å². The molecule has 0 bridgehead atoms. The van der Waals surface area contributed by atoms with Crippen molar-refractivity contribution in [1.82, 2.24) is 15.1 Å². The molecule has 2 N–H and O–H groups in total. The van der Waals surface area contributed by atoms with Gasteiger partial charge in [0.2, 0.25) is 5.91 Å². The Balaban J connectivity index is 2.21. The molecule has 0 spiro atoms. The molecule has 6 heteroatoms. The van der Waals surface area contributed by atoms with Crippen LogP contribution in [0.1, 0.15) is 23.9 Å². The maximum Gasteiger partial charge on any atom is 0.325 e. The molecule has 0 saturated carbocycles. The van der Waals surface area contributed by atoms with Crippen LogP contribution in [-0.2, 0) is 16.0 Å². The first kappa shape index (κ1) is 15.8. The molecule has 1 heterocycles. The van der Waals surface area contributed by atoms with Gasteiger partial charge >= 0.3 is 5.97 Å². The Kier molecular flexibility index (Phi) is 4.60. The van der Waals surface area contributed by atoms with Crippen molar-refractivity contribution in [2.75, 3.05) is 0 Å². The summed E-state index contributed by atoms with van der Waals surface area (Å²) in [4.78, 5) is 22.7. The summed E-state index contributed by atoms with van der Waals surface area (Å²) in [7, 11) is 0. The maximum absolute atomic E-state index is 12.0. The first-order valence-corrected chi connectivity index (χ1v) is 7.03. The van der Waals surface area contributed by atoms with Gasteiger partial charge in [-0.3, -0.25) is 9.59 Å². The summed E-state index contributed by atoms with van der Waals surface area (Å²) in [5, 5.41) is 15.8. The predicted octanol–water partition coefficient (Wildman–Crippen LogP) is 1.62. The maximum atomic E-state index is 12.0. The van der Waals surface area contributed by atoms with Crippen LogP contribution in [-0.4, -0.2) is 32.8 Å². The molecule has 0 fully saturated rings. The molecule has 1 amide bonds. The number of amides is 1. The topological polar surface area (TPSA) is 84.2 Å². The third-order valence-corrected chi connectivity index (χ3v) is 3.53. The van der Waals surface area contributed by atoms with Crippen molar-refractivity contribution >= 4 is 11.9 Å². The second kappa shape index (κ2) is 6.43. The lowest BCUT2D eigenvalue weighted by atomic mass is 10.1. The summed E-state index contributed by atoms with van der Waals surface area (Å²) < 4.78 is 1.79. The van der Waals surface area contributed by atoms with Crippen LogP contribution in [0.3, 0.4) is 0 Å². The average Bonchev–Trinajstić information content (AvgIpc) is 2.76. The van der Waals surface area contributed by atoms with E-state index >= 15 is 0 Å². The van der Waals surface area contributed by atoms with E-state index in [4.69, 9.17) is 5.11 Å². The largest absolute Gasteiger partial charge is 0.480 e. The van der Waals surface area contributed by atoms with E-state index in [1.807, 2.05) is 44.2 Å². The minimum Gasteiger partial charge on any atom is -0.480 e. The highest BCUT2D eigenvalue weighted by Crippen LogP contribution is 2.18. The van der Waals surface area contributed by atoms with Crippen LogP contribution in [0, 0.1) is 13.8 Å². The highest BCUT2D eigenvalue weighted by atomic mass is 16.4. The molecule has 0 aliphatic rings. The molecule has 1 atom stereocenters. The summed E-state index contributed by atoms with van der Waals surface area (Å²) >= 11 is 0. The number of carboxylic acid groups (broad SMARTS) is 1. The second-order valence-electron chi connectivity index (χ2n) is 5.20. The van der Waals surface area contributed by atoms with Gasteiger partial charge in [-0.15, -0.1) is 0 Å². The molecule has 2 aromatic rings. The SMILES string of the molecule is Cc1nn(-c2ccccc2)c(C)c1CC(=O)NC(C)C(=O)O. The van der Waals surface area contributed by atoms with Crippen LogP contribution in [0.25, 0.3) is 5.69 Å². The number of para-hydroxylation sites is 1. The third kappa shape index (κ3) is 3.33. The van der Waals surface area contributed by atoms with Crippen molar-refractivity contribution in [3.8, 4) is 5.69 Å². The Labute approximate surface area is 128 Å². The van der Waals surface area contributed by atoms with Crippen molar-refractivity contribution < 1.29 is 14.7 Å². The Morgan fingerprint density at radius 3 is 2.50 bits per heavy atom. The van der Waals surface area contributed by atoms with Crippen LogP contribution in [0.15, 0.2) is 30.3 Å². The van der Waals surface area contributed by atoms with Crippen LogP contribution >= 0.6 is 0 Å². The molecule has 1 aromatic carbocycles. The van der Waals surface area contributed by atoms with E-state index in [1.54, 1.807) is 4.68 Å². The van der Waals surface area contributed by atoms with Gasteiger partial charge in [-0.05, 0) is 32.9 Å². The summed E-state index contributed by atoms with van der Waals surface area (Å²) in [6.45, 7) is 5.18. The monoisotopic (exact) mass is 301 g/mol. The number of aliphatic carboxylic acids is 1. The van der Waals surface area contributed by atoms with Gasteiger partial charge in [-0.25, -0.2) is 4.68 Å². The van der Waals surface area contributed by atoms with E-state index in [2.05, 4.69) is 10.4 Å². The number of benzene rings is 1. The quantitative estimate of drug-likeness (QED) is 0.879. The number of carbonyl (C=O) groups excluding carboxylic acids is 1. The van der Waals surface area contributed by atoms with Gasteiger partial charge in [0.15, 0.2) is 0 Å². The summed E-state index contributed by atoms with van der Waals surface area (Å²) in [6.07, 6.45) is 0.113. The number of nitrogens with zero attached hydrogens (tertiary/aromatic N) is 2. The molecular formula is C16H19N3O3. The van der Waals surface area contributed by atoms with Crippen LogP contribution in [0.2, 0.25) is 0 Å². The zero-order chi connectivity index (χ0) is 16.3. The van der Waals surface area contributed by atoms with Gasteiger partial charge in [0, 0.05) is 11.3 Å². The molecule has 0 saturated heterocycles. The highest BCUT2D eigenvalue weighted by molar-refractivity contribution is 5.84. The zero-order valence-corrected chi connectivity index (χ0v) is 12.8. The number of aryl methyl sites for hydroxylation is 1. The average molecular weight is 301 g/mol. The van der Waals surface area contributed by atoms with Crippen molar-refractivity contribution in [1.29, 1.82) is 0 Å². The number of carboxylic acids is 1. The van der Waals surface area contributed by atoms with Gasteiger partial charge in [0.05, 0.1) is 17.8 Å². The molecule has 22 heavy (non-hydrogen) atoms. The van der Waals surface area contributed by atoms with Gasteiger partial charge in [0.25, 0.3) is 0 Å². The van der Waals surface area contributed by atoms with Gasteiger partial charge in [-0.2, -0.15) is 5.10 Å². The lowest BCUT2D eigenvalue weighted by Crippen LogP contribution is -2.39. The van der Waals surface area contributed by atoms with Gasteiger partial charge in [-0.1, -0.05) is 18.2 Å². The minimum absolute atomic E-state index is 0.113. The molecule has 1 unspecified atom stereocenters. The number of hydrogen-bond donors (Lipinski definition) is 2. The second-order valence-corrected chi connectivity index (χ2v) is 5.20. The van der Waals surface area contributed by atoms with E-state index in [1.165, 1.54) is 6.92 Å². The number of nitrogens with one attached hydrogen (secondary N) is 1. The van der Waals surface area contributed by atoms with Crippen molar-refractivity contribution in [3.63, 3.8) is 0 Å². The van der Waals surface area contributed by atoms with E-state index in [9.17, 15) is 9.59 Å². The van der Waals surface area contributed by atoms with Crippen molar-refractivity contribution in [2.45, 2.75) is 33.2 Å². The Morgan fingerprint density at radius 1 is 1.27 bits per heavy atom. The lowest BCUT2D eigenvalue weighted by Gasteiger charge is -2.09. The smallest absolute Gasteiger partial charge is 0.325 e. The molecule has 6 nitrogen and oxygen atoms in total. The summed E-state index contributed by atoms with van der Waals surface area (Å²) in [5.41, 5.74) is 3.38. The normalized spacial score (nSPS) is 12.0. The lowest BCUT2D eigenvalue weighted by molar-refractivity contribution is -0.141. The Bertz CT molecular complexity index is 692. The number of rotatable bonds is 5. The van der Waals surface area contributed by atoms with E-state index in [0.717, 1.165) is 22.6 Å². The number of hydrogen-bond acceptors (Lipinski definition) is 3. The Morgan fingerprint density at radius 2 is 1.91 bits per heavy atom.